The molecule has 1 aromatic carbocycles. The van der Waals surface area contributed by atoms with Crippen LogP contribution < -0.4 is 21.5 Å². The number of fused-ring (bicyclic) bond motifs is 1. The maximum atomic E-state index is 12.9. The van der Waals surface area contributed by atoms with Crippen LogP contribution in [-0.4, -0.2) is 39.5 Å². The van der Waals surface area contributed by atoms with E-state index < -0.39 is 0 Å². The van der Waals surface area contributed by atoms with Crippen LogP contribution in [0.5, 0.6) is 0 Å². The molecule has 1 aliphatic heterocycles. The quantitative estimate of drug-likeness (QED) is 0.575. The maximum absolute atomic E-state index is 12.9. The molecule has 162 valence electrons. The van der Waals surface area contributed by atoms with Crippen LogP contribution >= 0.6 is 0 Å². The SMILES string of the molecule is Cc1nc2cc(=O)[nH]n2c(C)c1CC(=O)Nc1ccccc1N1CCC(C(N)=O)CC1. The van der Waals surface area contributed by atoms with Gasteiger partial charge in [0.25, 0.3) is 5.56 Å². The second-order valence-electron chi connectivity index (χ2n) is 7.98. The summed E-state index contributed by atoms with van der Waals surface area (Å²) in [4.78, 5) is 42.6. The third-order valence-electron chi connectivity index (χ3n) is 5.96. The molecule has 0 unspecified atom stereocenters. The van der Waals surface area contributed by atoms with Gasteiger partial charge in [-0.1, -0.05) is 12.1 Å². The van der Waals surface area contributed by atoms with Crippen LogP contribution in [0.15, 0.2) is 35.1 Å². The zero-order valence-electron chi connectivity index (χ0n) is 17.6. The molecule has 2 amide bonds. The molecule has 31 heavy (non-hydrogen) atoms. The van der Waals surface area contributed by atoms with E-state index in [1.54, 1.807) is 4.52 Å². The Morgan fingerprint density at radius 3 is 2.65 bits per heavy atom. The number of piperidine rings is 1. The van der Waals surface area contributed by atoms with Crippen LogP contribution in [0, 0.1) is 19.8 Å². The highest BCUT2D eigenvalue weighted by Crippen LogP contribution is 2.30. The van der Waals surface area contributed by atoms with Crippen molar-refractivity contribution in [2.24, 2.45) is 11.7 Å². The Bertz CT molecular complexity index is 1200. The summed E-state index contributed by atoms with van der Waals surface area (Å²) in [5.41, 5.74) is 9.67. The molecule has 0 atom stereocenters. The maximum Gasteiger partial charge on any atom is 0.266 e. The van der Waals surface area contributed by atoms with E-state index in [9.17, 15) is 14.4 Å². The first-order valence-electron chi connectivity index (χ1n) is 10.3. The van der Waals surface area contributed by atoms with Gasteiger partial charge in [0, 0.05) is 42.0 Å². The predicted molar refractivity (Wildman–Crippen MR) is 118 cm³/mol. The second kappa shape index (κ2) is 8.25. The number of rotatable bonds is 5. The Hall–Kier alpha value is -3.62. The van der Waals surface area contributed by atoms with Crippen LogP contribution in [0.3, 0.4) is 0 Å². The monoisotopic (exact) mass is 422 g/mol. The molecule has 1 aliphatic rings. The average molecular weight is 422 g/mol. The number of para-hydroxylation sites is 2. The number of aryl methyl sites for hydroxylation is 2. The summed E-state index contributed by atoms with van der Waals surface area (Å²) in [5, 5.41) is 5.73. The Labute approximate surface area is 179 Å². The first-order valence-corrected chi connectivity index (χ1v) is 10.3. The van der Waals surface area contributed by atoms with Gasteiger partial charge in [-0.25, -0.2) is 9.50 Å². The number of H-pyrrole nitrogens is 1. The van der Waals surface area contributed by atoms with Crippen molar-refractivity contribution in [1.29, 1.82) is 0 Å². The highest BCUT2D eigenvalue weighted by molar-refractivity contribution is 5.96. The van der Waals surface area contributed by atoms with Gasteiger partial charge in [0.1, 0.15) is 0 Å². The van der Waals surface area contributed by atoms with E-state index in [-0.39, 0.29) is 29.7 Å². The Balaban J connectivity index is 1.52. The number of carbonyl (C=O) groups is 2. The van der Waals surface area contributed by atoms with E-state index >= 15 is 0 Å². The topological polar surface area (TPSA) is 126 Å². The number of anilines is 2. The van der Waals surface area contributed by atoms with Gasteiger partial charge < -0.3 is 16.0 Å². The van der Waals surface area contributed by atoms with Gasteiger partial charge in [-0.05, 0) is 38.8 Å². The summed E-state index contributed by atoms with van der Waals surface area (Å²) in [6.45, 7) is 5.11. The molecule has 2 aromatic heterocycles. The third kappa shape index (κ3) is 4.16. The minimum absolute atomic E-state index is 0.0912. The van der Waals surface area contributed by atoms with Crippen molar-refractivity contribution in [2.75, 3.05) is 23.3 Å². The molecule has 3 aromatic rings. The third-order valence-corrected chi connectivity index (χ3v) is 5.96. The minimum Gasteiger partial charge on any atom is -0.370 e. The van der Waals surface area contributed by atoms with Crippen molar-refractivity contribution in [3.8, 4) is 0 Å². The van der Waals surface area contributed by atoms with Gasteiger partial charge in [0.15, 0.2) is 5.65 Å². The number of carbonyl (C=O) groups excluding carboxylic acids is 2. The standard InChI is InChI=1S/C22H26N6O3/c1-13-16(14(2)28-19(24-13)12-21(30)26-28)11-20(29)25-17-5-3-4-6-18(17)27-9-7-15(8-10-27)22(23)31/h3-6,12,15H,7-11H2,1-2H3,(H2,23,31)(H,25,29)(H,26,30). The van der Waals surface area contributed by atoms with Gasteiger partial charge in [-0.15, -0.1) is 0 Å². The molecule has 9 nitrogen and oxygen atoms in total. The van der Waals surface area contributed by atoms with Crippen molar-refractivity contribution < 1.29 is 9.59 Å². The highest BCUT2D eigenvalue weighted by Gasteiger charge is 2.24. The molecule has 4 N–H and O–H groups in total. The Morgan fingerprint density at radius 1 is 1.23 bits per heavy atom. The fraction of sp³-hybridized carbons (Fsp3) is 0.364. The van der Waals surface area contributed by atoms with Crippen LogP contribution in [-0.2, 0) is 16.0 Å². The van der Waals surface area contributed by atoms with E-state index in [2.05, 4.69) is 20.3 Å². The number of amides is 2. The molecular formula is C22H26N6O3. The average Bonchev–Trinajstić information content (AvgIpc) is 3.12. The number of nitrogens with two attached hydrogens (primary N) is 1. The van der Waals surface area contributed by atoms with Gasteiger partial charge in [-0.3, -0.25) is 19.5 Å². The molecule has 9 heteroatoms. The first kappa shape index (κ1) is 20.6. The molecule has 1 saturated heterocycles. The summed E-state index contributed by atoms with van der Waals surface area (Å²) in [5.74, 6) is -0.505. The largest absolute Gasteiger partial charge is 0.370 e. The minimum atomic E-state index is -0.249. The second-order valence-corrected chi connectivity index (χ2v) is 7.98. The zero-order chi connectivity index (χ0) is 22.1. The van der Waals surface area contributed by atoms with Crippen LogP contribution in [0.4, 0.5) is 11.4 Å². The van der Waals surface area contributed by atoms with Crippen LogP contribution in [0.1, 0.15) is 29.8 Å². The number of aromatic amines is 1. The molecular weight excluding hydrogens is 396 g/mol. The van der Waals surface area contributed by atoms with Crippen LogP contribution in [0.2, 0.25) is 0 Å². The van der Waals surface area contributed by atoms with E-state index in [1.807, 2.05) is 38.1 Å². The fourth-order valence-electron chi connectivity index (χ4n) is 4.23. The summed E-state index contributed by atoms with van der Waals surface area (Å²) in [6, 6.07) is 9.08. The number of nitrogens with zero attached hydrogens (tertiary/aromatic N) is 3. The predicted octanol–water partition coefficient (Wildman–Crippen LogP) is 1.52. The van der Waals surface area contributed by atoms with E-state index in [0.29, 0.717) is 37.3 Å². The molecule has 0 radical (unpaired) electrons. The number of aromatic nitrogens is 3. The molecule has 3 heterocycles. The zero-order valence-corrected chi connectivity index (χ0v) is 17.6. The van der Waals surface area contributed by atoms with Crippen molar-refractivity contribution in [2.45, 2.75) is 33.1 Å². The van der Waals surface area contributed by atoms with Crippen molar-refractivity contribution >= 4 is 28.8 Å². The lowest BCUT2D eigenvalue weighted by Gasteiger charge is -2.33. The molecule has 0 bridgehead atoms. The fourth-order valence-corrected chi connectivity index (χ4v) is 4.23. The Morgan fingerprint density at radius 2 is 1.94 bits per heavy atom. The molecule has 1 fully saturated rings. The van der Waals surface area contributed by atoms with Gasteiger partial charge in [0.05, 0.1) is 17.8 Å². The number of hydrogen-bond acceptors (Lipinski definition) is 5. The van der Waals surface area contributed by atoms with Crippen LogP contribution in [0.25, 0.3) is 5.65 Å². The molecule has 4 rings (SSSR count). The van der Waals surface area contributed by atoms with E-state index in [1.165, 1.54) is 6.07 Å². The number of nitrogens with one attached hydrogen (secondary N) is 2. The highest BCUT2D eigenvalue weighted by atomic mass is 16.2. The lowest BCUT2D eigenvalue weighted by atomic mass is 9.96. The van der Waals surface area contributed by atoms with Gasteiger partial charge in [0.2, 0.25) is 11.8 Å². The normalized spacial score (nSPS) is 14.7. The number of benzene rings is 1. The van der Waals surface area contributed by atoms with Crippen molar-refractivity contribution in [1.82, 2.24) is 14.6 Å². The smallest absolute Gasteiger partial charge is 0.266 e. The lowest BCUT2D eigenvalue weighted by molar-refractivity contribution is -0.122. The van der Waals surface area contributed by atoms with Gasteiger partial charge >= 0.3 is 0 Å². The number of hydrogen-bond donors (Lipinski definition) is 3. The van der Waals surface area contributed by atoms with Crippen molar-refractivity contribution in [3.63, 3.8) is 0 Å². The molecule has 0 aliphatic carbocycles. The Kier molecular flexibility index (Phi) is 5.50. The molecule has 0 spiro atoms. The summed E-state index contributed by atoms with van der Waals surface area (Å²) >= 11 is 0. The lowest BCUT2D eigenvalue weighted by Crippen LogP contribution is -2.38. The molecule has 0 saturated carbocycles. The number of primary amides is 1. The summed E-state index contributed by atoms with van der Waals surface area (Å²) < 4.78 is 1.61. The van der Waals surface area contributed by atoms with E-state index in [0.717, 1.165) is 22.6 Å². The van der Waals surface area contributed by atoms with Gasteiger partial charge in [-0.2, -0.15) is 0 Å². The summed E-state index contributed by atoms with van der Waals surface area (Å²) in [7, 11) is 0. The summed E-state index contributed by atoms with van der Waals surface area (Å²) in [6.07, 6.45) is 1.55. The van der Waals surface area contributed by atoms with Crippen molar-refractivity contribution in [3.05, 3.63) is 57.6 Å². The first-order chi connectivity index (χ1) is 14.8. The van der Waals surface area contributed by atoms with E-state index in [4.69, 9.17) is 5.73 Å².